The molecule has 0 saturated heterocycles. The lowest BCUT2D eigenvalue weighted by molar-refractivity contribution is -0.105. The summed E-state index contributed by atoms with van der Waals surface area (Å²) in [7, 11) is 0. The fraction of sp³-hybridized carbons (Fsp3) is 0.0909. The number of guanidine groups is 1. The summed E-state index contributed by atoms with van der Waals surface area (Å²) in [4.78, 5) is 21.6. The Kier molecular flexibility index (Phi) is 4.68. The molecule has 1 radical (unpaired) electrons. The van der Waals surface area contributed by atoms with Crippen molar-refractivity contribution in [3.05, 3.63) is 41.9 Å². The molecule has 5 N–H and O–H groups in total. The Balaban J connectivity index is 2.67. The van der Waals surface area contributed by atoms with Crippen LogP contribution in [0.1, 0.15) is 15.9 Å². The summed E-state index contributed by atoms with van der Waals surface area (Å²) in [6.45, 7) is 1.40. The Morgan fingerprint density at radius 2 is 2.24 bits per heavy atom. The second-order valence-corrected chi connectivity index (χ2v) is 3.24. The first-order chi connectivity index (χ1) is 8.13. The van der Waals surface area contributed by atoms with Crippen LogP contribution >= 0.6 is 0 Å². The van der Waals surface area contributed by atoms with Gasteiger partial charge < -0.3 is 21.2 Å². The molecule has 0 atom stereocenters. The van der Waals surface area contributed by atoms with E-state index in [9.17, 15) is 9.59 Å². The molecule has 0 heterocycles. The van der Waals surface area contributed by atoms with E-state index in [-0.39, 0.29) is 11.9 Å². The predicted molar refractivity (Wildman–Crippen MR) is 63.0 cm³/mol. The molecule has 0 spiro atoms. The summed E-state index contributed by atoms with van der Waals surface area (Å²) < 4.78 is 0. The molecule has 0 fully saturated rings. The summed E-state index contributed by atoms with van der Waals surface area (Å²) in [5.74, 6) is -0.490. The van der Waals surface area contributed by atoms with Gasteiger partial charge in [-0.1, -0.05) is 12.1 Å². The Hall–Kier alpha value is -2.37. The Morgan fingerprint density at radius 3 is 2.88 bits per heavy atom. The van der Waals surface area contributed by atoms with E-state index in [1.165, 1.54) is 0 Å². The van der Waals surface area contributed by atoms with Gasteiger partial charge in [0.15, 0.2) is 5.96 Å². The molecule has 0 saturated carbocycles. The fourth-order valence-electron chi connectivity index (χ4n) is 1.21. The van der Waals surface area contributed by atoms with E-state index in [4.69, 9.17) is 11.1 Å². The van der Waals surface area contributed by atoms with E-state index < -0.39 is 0 Å². The molecule has 89 valence electrons. The highest BCUT2D eigenvalue weighted by atomic mass is 16.2. The molecule has 0 aliphatic heterocycles. The molecule has 0 aromatic heterocycles. The summed E-state index contributed by atoms with van der Waals surface area (Å²) in [5, 5.41) is 12.0. The number of nitrogens with two attached hydrogens (primary N) is 1. The Bertz CT molecular complexity index is 431. The minimum atomic E-state index is -0.359. The van der Waals surface area contributed by atoms with E-state index in [1.54, 1.807) is 24.3 Å². The van der Waals surface area contributed by atoms with Gasteiger partial charge in [0.05, 0.1) is 0 Å². The van der Waals surface area contributed by atoms with Crippen LogP contribution in [-0.4, -0.2) is 18.2 Å². The molecule has 0 bridgehead atoms. The third kappa shape index (κ3) is 4.33. The van der Waals surface area contributed by atoms with Crippen LogP contribution in [0, 0.1) is 12.0 Å². The Labute approximate surface area is 98.7 Å². The molecule has 0 aliphatic carbocycles. The van der Waals surface area contributed by atoms with Crippen molar-refractivity contribution in [1.82, 2.24) is 10.6 Å². The lowest BCUT2D eigenvalue weighted by Crippen LogP contribution is -2.29. The first-order valence-corrected chi connectivity index (χ1v) is 4.88. The molecular formula is C11H13N4O2. The highest BCUT2D eigenvalue weighted by Gasteiger charge is 2.05. The summed E-state index contributed by atoms with van der Waals surface area (Å²) >= 11 is 0. The second-order valence-electron chi connectivity index (χ2n) is 3.24. The molecule has 0 aliphatic rings. The van der Waals surface area contributed by atoms with Crippen molar-refractivity contribution in [3.8, 4) is 0 Å². The number of nitrogens with one attached hydrogen (secondary N) is 3. The molecule has 1 aromatic rings. The maximum Gasteiger partial charge on any atom is 0.251 e. The average Bonchev–Trinajstić information content (AvgIpc) is 2.33. The molecule has 1 aromatic carbocycles. The zero-order valence-electron chi connectivity index (χ0n) is 9.07. The van der Waals surface area contributed by atoms with Gasteiger partial charge >= 0.3 is 0 Å². The van der Waals surface area contributed by atoms with Crippen LogP contribution in [-0.2, 0) is 11.3 Å². The summed E-state index contributed by atoms with van der Waals surface area (Å²) in [5.41, 5.74) is 6.41. The van der Waals surface area contributed by atoms with E-state index in [0.29, 0.717) is 18.4 Å². The summed E-state index contributed by atoms with van der Waals surface area (Å²) in [6.07, 6.45) is 0.499. The Morgan fingerprint density at radius 1 is 1.47 bits per heavy atom. The molecular weight excluding hydrogens is 220 g/mol. The van der Waals surface area contributed by atoms with Crippen molar-refractivity contribution in [1.29, 1.82) is 5.41 Å². The maximum absolute atomic E-state index is 11.5. The molecule has 1 amide bonds. The smallest absolute Gasteiger partial charge is 0.251 e. The average molecular weight is 233 g/mol. The molecule has 6 heteroatoms. The second kappa shape index (κ2) is 6.26. The van der Waals surface area contributed by atoms with Crippen LogP contribution in [0.15, 0.2) is 24.3 Å². The van der Waals surface area contributed by atoms with Crippen molar-refractivity contribution in [2.75, 3.05) is 0 Å². The van der Waals surface area contributed by atoms with E-state index >= 15 is 0 Å². The van der Waals surface area contributed by atoms with E-state index in [0.717, 1.165) is 12.1 Å². The first kappa shape index (κ1) is 12.7. The summed E-state index contributed by atoms with van der Waals surface area (Å²) in [6, 6.07) is 6.80. The zero-order valence-corrected chi connectivity index (χ0v) is 9.07. The number of aldehydes is 1. The predicted octanol–water partition coefficient (Wildman–Crippen LogP) is -0.240. The number of amides is 1. The van der Waals surface area contributed by atoms with Crippen LogP contribution < -0.4 is 16.4 Å². The van der Waals surface area contributed by atoms with Gasteiger partial charge in [0, 0.05) is 12.1 Å². The standard InChI is InChI=1S/C11H13N4O2/c12-11(13)15-7-8-2-1-3-9(6-8)10(17)14-4-5-16/h1-6H,7H2,(H,14,17)(H4,12,13,15). The number of carbonyl (C=O) groups excluding carboxylic acids is 2. The monoisotopic (exact) mass is 233 g/mol. The van der Waals surface area contributed by atoms with E-state index in [1.807, 2.05) is 0 Å². The molecule has 6 nitrogen and oxygen atoms in total. The van der Waals surface area contributed by atoms with Crippen molar-refractivity contribution < 1.29 is 9.59 Å². The van der Waals surface area contributed by atoms with Gasteiger partial charge in [0.1, 0.15) is 12.8 Å². The largest absolute Gasteiger partial charge is 0.370 e. The van der Waals surface area contributed by atoms with Crippen LogP contribution in [0.5, 0.6) is 0 Å². The molecule has 1 rings (SSSR count). The van der Waals surface area contributed by atoms with Gasteiger partial charge in [-0.2, -0.15) is 0 Å². The van der Waals surface area contributed by atoms with Gasteiger partial charge in [-0.25, -0.2) is 0 Å². The van der Waals surface area contributed by atoms with Gasteiger partial charge in [-0.3, -0.25) is 10.2 Å². The van der Waals surface area contributed by atoms with Crippen molar-refractivity contribution in [2.45, 2.75) is 6.54 Å². The highest BCUT2D eigenvalue weighted by Crippen LogP contribution is 2.05. The number of rotatable bonds is 5. The molecule has 0 unspecified atom stereocenters. The number of hydrogen-bond donors (Lipinski definition) is 4. The normalized spacial score (nSPS) is 9.41. The first-order valence-electron chi connectivity index (χ1n) is 4.88. The van der Waals surface area contributed by atoms with Crippen LogP contribution in [0.3, 0.4) is 0 Å². The number of hydrogen-bond acceptors (Lipinski definition) is 3. The molecule has 17 heavy (non-hydrogen) atoms. The zero-order chi connectivity index (χ0) is 12.7. The van der Waals surface area contributed by atoms with Crippen molar-refractivity contribution in [2.24, 2.45) is 5.73 Å². The third-order valence-corrected chi connectivity index (χ3v) is 1.95. The lowest BCUT2D eigenvalue weighted by Gasteiger charge is -2.06. The number of carbonyl (C=O) groups is 2. The maximum atomic E-state index is 11.5. The third-order valence-electron chi connectivity index (χ3n) is 1.95. The number of benzene rings is 1. The van der Waals surface area contributed by atoms with Crippen LogP contribution in [0.25, 0.3) is 0 Å². The van der Waals surface area contributed by atoms with Crippen molar-refractivity contribution in [3.63, 3.8) is 0 Å². The fourth-order valence-corrected chi connectivity index (χ4v) is 1.21. The lowest BCUT2D eigenvalue weighted by atomic mass is 10.1. The van der Waals surface area contributed by atoms with E-state index in [2.05, 4.69) is 10.6 Å². The SMILES string of the molecule is N=C(N)NCc1cccc(C(=O)N[CH]C=O)c1. The van der Waals surface area contributed by atoms with Gasteiger partial charge in [-0.05, 0) is 17.7 Å². The van der Waals surface area contributed by atoms with Gasteiger partial charge in [-0.15, -0.1) is 0 Å². The highest BCUT2D eigenvalue weighted by molar-refractivity contribution is 5.96. The minimum absolute atomic E-state index is 0.130. The quantitative estimate of drug-likeness (QED) is 0.320. The minimum Gasteiger partial charge on any atom is -0.370 e. The van der Waals surface area contributed by atoms with Crippen molar-refractivity contribution >= 4 is 18.2 Å². The van der Waals surface area contributed by atoms with Crippen LogP contribution in [0.2, 0.25) is 0 Å². The topological polar surface area (TPSA) is 108 Å². The van der Waals surface area contributed by atoms with Crippen LogP contribution in [0.4, 0.5) is 0 Å². The van der Waals surface area contributed by atoms with Gasteiger partial charge in [0.25, 0.3) is 5.91 Å². The van der Waals surface area contributed by atoms with Gasteiger partial charge in [0.2, 0.25) is 0 Å².